The average Bonchev–Trinajstić information content (AvgIpc) is 3.23. The highest BCUT2D eigenvalue weighted by Gasteiger charge is 2.46. The molecule has 4 heterocycles. The Hall–Kier alpha value is -1.13. The maximum atomic E-state index is 7.66. The average molecular weight is 331 g/mol. The van der Waals surface area contributed by atoms with E-state index < -0.39 is 6.85 Å². The van der Waals surface area contributed by atoms with Crippen LogP contribution in [0.25, 0.3) is 0 Å². The monoisotopic (exact) mass is 331 g/mol. The highest BCUT2D eigenvalue weighted by atomic mass is 32.1. The summed E-state index contributed by atoms with van der Waals surface area (Å²) in [6.07, 6.45) is 5.64. The minimum atomic E-state index is -2.08. The van der Waals surface area contributed by atoms with Gasteiger partial charge in [-0.15, -0.1) is 11.3 Å². The van der Waals surface area contributed by atoms with Gasteiger partial charge in [-0.1, -0.05) is 0 Å². The molecule has 0 bridgehead atoms. The number of ether oxygens (including phenoxy) is 1. The van der Waals surface area contributed by atoms with Gasteiger partial charge in [-0.25, -0.2) is 0 Å². The maximum Gasteiger partial charge on any atom is 0.192 e. The van der Waals surface area contributed by atoms with Crippen molar-refractivity contribution in [3.8, 4) is 0 Å². The van der Waals surface area contributed by atoms with Gasteiger partial charge in [0.1, 0.15) is 5.76 Å². The predicted octanol–water partition coefficient (Wildman–Crippen LogP) is 4.04. The second-order valence-electron chi connectivity index (χ2n) is 7.18. The smallest absolute Gasteiger partial charge is 0.192 e. The lowest BCUT2D eigenvalue weighted by Crippen LogP contribution is -2.38. The lowest BCUT2D eigenvalue weighted by Gasteiger charge is -2.32. The molecule has 3 aliphatic heterocycles. The van der Waals surface area contributed by atoms with Crippen molar-refractivity contribution in [2.45, 2.75) is 64.2 Å². The van der Waals surface area contributed by atoms with Crippen molar-refractivity contribution < 1.29 is 8.85 Å². The van der Waals surface area contributed by atoms with Crippen LogP contribution in [-0.2, 0) is 17.7 Å². The standard InChI is InChI=1S/C19H24N2OS/c1-11-5-6-14-13-3-2-4-15(18(13)22-19(14)21-11)16-9-12-7-8-23-17(12)10-20-16/h7-8,13-14,16,19-20H,2-6,9-10H2,1H3/t13?,14?,16-,19?/m1/s1/i1D3. The van der Waals surface area contributed by atoms with E-state index in [1.165, 1.54) is 22.4 Å². The van der Waals surface area contributed by atoms with Gasteiger partial charge in [-0.3, -0.25) is 4.99 Å². The van der Waals surface area contributed by atoms with Gasteiger partial charge in [0.2, 0.25) is 0 Å². The topological polar surface area (TPSA) is 33.6 Å². The van der Waals surface area contributed by atoms with Crippen LogP contribution in [0.5, 0.6) is 0 Å². The van der Waals surface area contributed by atoms with Gasteiger partial charge >= 0.3 is 0 Å². The van der Waals surface area contributed by atoms with Gasteiger partial charge in [0, 0.05) is 39.1 Å². The molecule has 0 radical (unpaired) electrons. The summed E-state index contributed by atoms with van der Waals surface area (Å²) in [4.78, 5) is 5.98. The normalized spacial score (nSPS) is 38.4. The third-order valence-electron chi connectivity index (χ3n) is 5.93. The Kier molecular flexibility index (Phi) is 2.71. The molecule has 23 heavy (non-hydrogen) atoms. The van der Waals surface area contributed by atoms with Crippen LogP contribution in [0.15, 0.2) is 27.8 Å². The number of hydrogen-bond acceptors (Lipinski definition) is 4. The van der Waals surface area contributed by atoms with Crippen molar-refractivity contribution in [3.63, 3.8) is 0 Å². The van der Waals surface area contributed by atoms with Crippen LogP contribution in [0, 0.1) is 11.8 Å². The Morgan fingerprint density at radius 2 is 2.39 bits per heavy atom. The van der Waals surface area contributed by atoms with Gasteiger partial charge < -0.3 is 10.1 Å². The summed E-state index contributed by atoms with van der Waals surface area (Å²) in [6.45, 7) is -1.15. The second kappa shape index (κ2) is 5.45. The molecular weight excluding hydrogens is 304 g/mol. The number of aliphatic imine (C=N–C) groups is 1. The Morgan fingerprint density at radius 3 is 3.35 bits per heavy atom. The van der Waals surface area contributed by atoms with Crippen LogP contribution >= 0.6 is 11.3 Å². The molecule has 0 aromatic carbocycles. The van der Waals surface area contributed by atoms with E-state index in [2.05, 4.69) is 21.8 Å². The lowest BCUT2D eigenvalue weighted by atomic mass is 9.76. The van der Waals surface area contributed by atoms with Crippen LogP contribution in [-0.4, -0.2) is 18.0 Å². The predicted molar refractivity (Wildman–Crippen MR) is 93.7 cm³/mol. The molecule has 1 aliphatic carbocycles. The minimum Gasteiger partial charge on any atom is -0.472 e. The molecule has 1 N–H and O–H groups in total. The lowest BCUT2D eigenvalue weighted by molar-refractivity contribution is 0.127. The number of nitrogens with one attached hydrogen (secondary N) is 1. The van der Waals surface area contributed by atoms with Crippen LogP contribution in [0.1, 0.15) is 53.5 Å². The number of thiophene rings is 1. The highest BCUT2D eigenvalue weighted by Crippen LogP contribution is 2.49. The van der Waals surface area contributed by atoms with Crippen molar-refractivity contribution in [2.24, 2.45) is 16.8 Å². The van der Waals surface area contributed by atoms with E-state index in [0.717, 1.165) is 38.0 Å². The molecule has 0 spiro atoms. The van der Waals surface area contributed by atoms with Crippen molar-refractivity contribution in [3.05, 3.63) is 33.2 Å². The Bertz CT molecular complexity index is 782. The zero-order valence-electron chi connectivity index (χ0n) is 16.2. The van der Waals surface area contributed by atoms with Crippen molar-refractivity contribution in [1.82, 2.24) is 5.32 Å². The van der Waals surface area contributed by atoms with E-state index in [0.29, 0.717) is 30.0 Å². The van der Waals surface area contributed by atoms with E-state index in [4.69, 9.17) is 8.85 Å². The first kappa shape index (κ1) is 11.4. The summed E-state index contributed by atoms with van der Waals surface area (Å²) in [5.74, 6) is 1.92. The van der Waals surface area contributed by atoms with Gasteiger partial charge in [0.05, 0.1) is 0 Å². The molecule has 122 valence electrons. The van der Waals surface area contributed by atoms with Crippen molar-refractivity contribution in [1.29, 1.82) is 0 Å². The molecule has 4 atom stereocenters. The molecule has 1 aromatic heterocycles. The zero-order chi connectivity index (χ0) is 17.9. The fourth-order valence-electron chi connectivity index (χ4n) is 4.78. The number of rotatable bonds is 1. The van der Waals surface area contributed by atoms with E-state index in [-0.39, 0.29) is 6.23 Å². The van der Waals surface area contributed by atoms with Crippen LogP contribution < -0.4 is 5.32 Å². The number of allylic oxidation sites excluding steroid dienone is 1. The first-order chi connectivity index (χ1) is 12.5. The van der Waals surface area contributed by atoms with Crippen LogP contribution in [0.3, 0.4) is 0 Å². The molecule has 4 heteroatoms. The van der Waals surface area contributed by atoms with Crippen LogP contribution in [0.4, 0.5) is 0 Å². The summed E-state index contributed by atoms with van der Waals surface area (Å²) in [6, 6.07) is 2.60. The van der Waals surface area contributed by atoms with E-state index in [1.54, 1.807) is 0 Å². The fourth-order valence-corrected chi connectivity index (χ4v) is 5.65. The van der Waals surface area contributed by atoms with Crippen molar-refractivity contribution >= 4 is 17.0 Å². The molecule has 1 aromatic rings. The van der Waals surface area contributed by atoms with E-state index in [1.807, 2.05) is 11.3 Å². The van der Waals surface area contributed by atoms with Gasteiger partial charge in [0.15, 0.2) is 6.23 Å². The molecule has 0 saturated carbocycles. The summed E-state index contributed by atoms with van der Waals surface area (Å²) in [5, 5.41) is 5.89. The molecule has 3 nitrogen and oxygen atoms in total. The third kappa shape index (κ3) is 2.30. The van der Waals surface area contributed by atoms with E-state index >= 15 is 0 Å². The van der Waals surface area contributed by atoms with Gasteiger partial charge in [-0.2, -0.15) is 0 Å². The molecule has 1 saturated heterocycles. The summed E-state index contributed by atoms with van der Waals surface area (Å²) in [5.41, 5.74) is 3.23. The number of hydrogen-bond donors (Lipinski definition) is 1. The fraction of sp³-hybridized carbons (Fsp3) is 0.632. The molecule has 3 unspecified atom stereocenters. The van der Waals surface area contributed by atoms with Gasteiger partial charge in [0.25, 0.3) is 0 Å². The maximum absolute atomic E-state index is 7.66. The SMILES string of the molecule is [2H]C([2H])([2H])C1=NC2OC3=C([C@H]4Cc5ccsc5CN4)CCCC3C2CC1. The summed E-state index contributed by atoms with van der Waals surface area (Å²) < 4.78 is 29.3. The largest absolute Gasteiger partial charge is 0.472 e. The quantitative estimate of drug-likeness (QED) is 0.842. The van der Waals surface area contributed by atoms with Crippen LogP contribution in [0.2, 0.25) is 0 Å². The van der Waals surface area contributed by atoms with Gasteiger partial charge in [-0.05, 0) is 68.0 Å². The summed E-state index contributed by atoms with van der Waals surface area (Å²) in [7, 11) is 0. The highest BCUT2D eigenvalue weighted by molar-refractivity contribution is 7.10. The van der Waals surface area contributed by atoms with E-state index in [9.17, 15) is 0 Å². The molecule has 1 fully saturated rings. The molecule has 5 rings (SSSR count). The molecule has 0 amide bonds. The second-order valence-corrected chi connectivity index (χ2v) is 8.18. The minimum absolute atomic E-state index is 0.285. The summed E-state index contributed by atoms with van der Waals surface area (Å²) >= 11 is 1.83. The number of nitrogens with zero attached hydrogens (tertiary/aromatic N) is 1. The Morgan fingerprint density at radius 1 is 1.39 bits per heavy atom. The number of fused-ring (bicyclic) bond motifs is 4. The zero-order valence-corrected chi connectivity index (χ0v) is 14.0. The third-order valence-corrected chi connectivity index (χ3v) is 6.90. The first-order valence-electron chi connectivity index (χ1n) is 10.3. The molecule has 4 aliphatic rings. The Labute approximate surface area is 146 Å². The van der Waals surface area contributed by atoms with Crippen molar-refractivity contribution in [2.75, 3.05) is 0 Å². The Balaban J connectivity index is 1.44. The molecular formula is C19H24N2OS. The first-order valence-corrected chi connectivity index (χ1v) is 9.64.